The fourth-order valence-electron chi connectivity index (χ4n) is 1.91. The Kier molecular flexibility index (Phi) is 5.10. The Labute approximate surface area is 139 Å². The normalized spacial score (nSPS) is 12.0. The second kappa shape index (κ2) is 6.49. The third-order valence-corrected chi connectivity index (χ3v) is 5.60. The highest BCUT2D eigenvalue weighted by Gasteiger charge is 2.16. The number of nitrogens with two attached hydrogens (primary N) is 1. The number of hydrogen-bond acceptors (Lipinski definition) is 5. The summed E-state index contributed by atoms with van der Waals surface area (Å²) in [5.41, 5.74) is 6.48. The van der Waals surface area contributed by atoms with Crippen molar-refractivity contribution >= 4 is 47.6 Å². The first kappa shape index (κ1) is 16.5. The van der Waals surface area contributed by atoms with Crippen molar-refractivity contribution in [3.8, 4) is 5.88 Å². The van der Waals surface area contributed by atoms with Gasteiger partial charge in [0.1, 0.15) is 6.73 Å². The molecule has 8 heteroatoms. The number of ether oxygens (including phenoxy) is 2. The van der Waals surface area contributed by atoms with E-state index in [2.05, 4.69) is 52.2 Å². The zero-order valence-corrected chi connectivity index (χ0v) is 16.0. The average molecular weight is 420 g/mol. The van der Waals surface area contributed by atoms with Crippen molar-refractivity contribution in [3.63, 3.8) is 0 Å². The van der Waals surface area contributed by atoms with Gasteiger partial charge < -0.3 is 19.8 Å². The van der Waals surface area contributed by atoms with Gasteiger partial charge in [0, 0.05) is 24.4 Å². The van der Waals surface area contributed by atoms with E-state index in [-0.39, 0.29) is 5.95 Å². The average Bonchev–Trinajstić information content (AvgIpc) is 2.69. The van der Waals surface area contributed by atoms with Crippen molar-refractivity contribution in [2.75, 3.05) is 19.5 Å². The van der Waals surface area contributed by atoms with Crippen LogP contribution in [0, 0.1) is 3.57 Å². The van der Waals surface area contributed by atoms with Crippen molar-refractivity contribution in [2.24, 2.45) is 0 Å². The van der Waals surface area contributed by atoms with Crippen molar-refractivity contribution in [3.05, 3.63) is 9.77 Å². The van der Waals surface area contributed by atoms with Gasteiger partial charge in [-0.2, -0.15) is 9.97 Å². The van der Waals surface area contributed by atoms with Crippen LogP contribution in [-0.4, -0.2) is 36.3 Å². The number of aromatic nitrogens is 3. The van der Waals surface area contributed by atoms with E-state index in [4.69, 9.17) is 15.2 Å². The molecule has 2 aromatic rings. The molecule has 2 N–H and O–H groups in total. The van der Waals surface area contributed by atoms with E-state index >= 15 is 0 Å². The van der Waals surface area contributed by atoms with Gasteiger partial charge in [-0.3, -0.25) is 0 Å². The lowest BCUT2D eigenvalue weighted by Gasteiger charge is -2.15. The molecular weight excluding hydrogens is 399 g/mol. The SMILES string of the molecule is COc1nc(N)nc2c1c(I)cn2COCC[Si](C)(C)C. The fourth-order valence-corrected chi connectivity index (χ4v) is 3.48. The Morgan fingerprint density at radius 1 is 1.33 bits per heavy atom. The monoisotopic (exact) mass is 420 g/mol. The number of hydrogen-bond donors (Lipinski definition) is 1. The molecule has 0 saturated carbocycles. The summed E-state index contributed by atoms with van der Waals surface area (Å²) in [6.07, 6.45) is 1.98. The number of methoxy groups -OCH3 is 1. The van der Waals surface area contributed by atoms with E-state index in [0.717, 1.165) is 27.3 Å². The van der Waals surface area contributed by atoms with Crippen LogP contribution in [0.3, 0.4) is 0 Å². The molecule has 0 aromatic carbocycles. The van der Waals surface area contributed by atoms with Crippen molar-refractivity contribution < 1.29 is 9.47 Å². The minimum absolute atomic E-state index is 0.206. The smallest absolute Gasteiger partial charge is 0.228 e. The zero-order valence-electron chi connectivity index (χ0n) is 12.8. The van der Waals surface area contributed by atoms with E-state index in [1.54, 1.807) is 7.11 Å². The lowest BCUT2D eigenvalue weighted by atomic mass is 10.4. The van der Waals surface area contributed by atoms with Gasteiger partial charge in [-0.25, -0.2) is 0 Å². The molecule has 0 saturated heterocycles. The minimum atomic E-state index is -1.07. The Hall–Kier alpha value is -0.873. The molecule has 0 spiro atoms. The summed E-state index contributed by atoms with van der Waals surface area (Å²) >= 11 is 2.24. The van der Waals surface area contributed by atoms with Gasteiger partial charge in [-0.05, 0) is 28.6 Å². The Balaban J connectivity index is 2.19. The Morgan fingerprint density at radius 3 is 2.67 bits per heavy atom. The fraction of sp³-hybridized carbons (Fsp3) is 0.538. The van der Waals surface area contributed by atoms with Crippen LogP contribution >= 0.6 is 22.6 Å². The molecule has 0 aliphatic carbocycles. The minimum Gasteiger partial charge on any atom is -0.480 e. The van der Waals surface area contributed by atoms with Gasteiger partial charge in [-0.1, -0.05) is 19.6 Å². The van der Waals surface area contributed by atoms with Crippen LogP contribution in [0.15, 0.2) is 6.20 Å². The van der Waals surface area contributed by atoms with Crippen molar-refractivity contribution in [2.45, 2.75) is 32.4 Å². The largest absolute Gasteiger partial charge is 0.480 e. The third kappa shape index (κ3) is 4.07. The molecule has 0 radical (unpaired) electrons. The summed E-state index contributed by atoms with van der Waals surface area (Å²) in [5, 5.41) is 0.876. The van der Waals surface area contributed by atoms with Gasteiger partial charge in [0.15, 0.2) is 5.65 Å². The number of halogens is 1. The lowest BCUT2D eigenvalue weighted by molar-refractivity contribution is 0.0898. The molecule has 0 unspecified atom stereocenters. The van der Waals surface area contributed by atoms with Crippen LogP contribution in [0.4, 0.5) is 5.95 Å². The zero-order chi connectivity index (χ0) is 15.6. The lowest BCUT2D eigenvalue weighted by Crippen LogP contribution is -2.22. The molecule has 6 nitrogen and oxygen atoms in total. The standard InChI is InChI=1S/C13H21IN4O2Si/c1-19-12-10-9(14)7-18(11(10)16-13(15)17-12)8-20-5-6-21(2,3)4/h7H,5-6,8H2,1-4H3,(H2,15,16,17). The predicted molar refractivity (Wildman–Crippen MR) is 95.3 cm³/mol. The number of nitrogens with zero attached hydrogens (tertiary/aromatic N) is 3. The number of anilines is 1. The highest BCUT2D eigenvalue weighted by Crippen LogP contribution is 2.29. The quantitative estimate of drug-likeness (QED) is 0.442. The third-order valence-electron chi connectivity index (χ3n) is 3.07. The summed E-state index contributed by atoms with van der Waals surface area (Å²) in [6, 6.07) is 1.14. The maximum atomic E-state index is 5.78. The topological polar surface area (TPSA) is 75.2 Å². The van der Waals surface area contributed by atoms with Crippen LogP contribution in [0.5, 0.6) is 5.88 Å². The molecule has 0 bridgehead atoms. The Bertz CT molecular complexity index is 639. The van der Waals surface area contributed by atoms with E-state index < -0.39 is 8.07 Å². The van der Waals surface area contributed by atoms with Crippen LogP contribution in [0.2, 0.25) is 25.7 Å². The summed E-state index contributed by atoms with van der Waals surface area (Å²) in [6.45, 7) is 8.24. The summed E-state index contributed by atoms with van der Waals surface area (Å²) < 4.78 is 14.0. The molecule has 0 aliphatic heterocycles. The molecule has 0 fully saturated rings. The first-order chi connectivity index (χ1) is 9.81. The highest BCUT2D eigenvalue weighted by molar-refractivity contribution is 14.1. The molecule has 2 aromatic heterocycles. The maximum absolute atomic E-state index is 5.78. The van der Waals surface area contributed by atoms with Crippen molar-refractivity contribution in [1.82, 2.24) is 14.5 Å². The first-order valence-electron chi connectivity index (χ1n) is 6.75. The molecule has 2 heterocycles. The number of nitrogen functional groups attached to an aromatic ring is 1. The molecule has 21 heavy (non-hydrogen) atoms. The summed E-state index contributed by atoms with van der Waals surface area (Å²) in [4.78, 5) is 8.42. The summed E-state index contributed by atoms with van der Waals surface area (Å²) in [7, 11) is 0.514. The van der Waals surface area contributed by atoms with E-state index in [1.165, 1.54) is 0 Å². The molecular formula is C13H21IN4O2Si. The van der Waals surface area contributed by atoms with Crippen molar-refractivity contribution in [1.29, 1.82) is 0 Å². The molecule has 0 amide bonds. The number of fused-ring (bicyclic) bond motifs is 1. The second-order valence-electron chi connectivity index (χ2n) is 6.08. The molecule has 2 rings (SSSR count). The first-order valence-corrected chi connectivity index (χ1v) is 11.5. The van der Waals surface area contributed by atoms with Gasteiger partial charge in [0.2, 0.25) is 11.8 Å². The number of rotatable bonds is 6. The van der Waals surface area contributed by atoms with Crippen LogP contribution in [0.1, 0.15) is 0 Å². The highest BCUT2D eigenvalue weighted by atomic mass is 127. The predicted octanol–water partition coefficient (Wildman–Crippen LogP) is 2.94. The van der Waals surface area contributed by atoms with Gasteiger partial charge in [0.05, 0.1) is 12.5 Å². The van der Waals surface area contributed by atoms with Gasteiger partial charge in [-0.15, -0.1) is 0 Å². The maximum Gasteiger partial charge on any atom is 0.228 e. The van der Waals surface area contributed by atoms with E-state index in [9.17, 15) is 0 Å². The van der Waals surface area contributed by atoms with Crippen LogP contribution < -0.4 is 10.5 Å². The molecule has 116 valence electrons. The van der Waals surface area contributed by atoms with E-state index in [0.29, 0.717) is 12.6 Å². The summed E-state index contributed by atoms with van der Waals surface area (Å²) in [5.74, 6) is 0.708. The van der Waals surface area contributed by atoms with Gasteiger partial charge >= 0.3 is 0 Å². The Morgan fingerprint density at radius 2 is 2.05 bits per heavy atom. The molecule has 0 atom stereocenters. The van der Waals surface area contributed by atoms with E-state index in [1.807, 2.05) is 10.8 Å². The molecule has 0 aliphatic rings. The second-order valence-corrected chi connectivity index (χ2v) is 12.9. The van der Waals surface area contributed by atoms with Crippen LogP contribution in [-0.2, 0) is 11.5 Å². The van der Waals surface area contributed by atoms with Crippen LogP contribution in [0.25, 0.3) is 11.0 Å². The van der Waals surface area contributed by atoms with Gasteiger partial charge in [0.25, 0.3) is 0 Å².